The third kappa shape index (κ3) is 4.97. The van der Waals surface area contributed by atoms with Crippen LogP contribution in [0.4, 0.5) is 11.4 Å². The average molecular weight is 524 g/mol. The number of amides is 2. The molecule has 1 saturated heterocycles. The number of hydrogen-bond acceptors (Lipinski definition) is 4. The summed E-state index contributed by atoms with van der Waals surface area (Å²) in [5, 5.41) is 15.3. The summed E-state index contributed by atoms with van der Waals surface area (Å²) in [4.78, 5) is 28.6. The molecule has 0 spiro atoms. The number of nitrogens with one attached hydrogen (secondary N) is 1. The van der Waals surface area contributed by atoms with Crippen molar-refractivity contribution in [2.45, 2.75) is 18.6 Å². The lowest BCUT2D eigenvalue weighted by Crippen LogP contribution is -2.30. The van der Waals surface area contributed by atoms with Crippen LogP contribution in [0.15, 0.2) is 102 Å². The molecule has 1 atom stereocenters. The first-order valence-corrected chi connectivity index (χ1v) is 13.0. The molecule has 1 N–H and O–H groups in total. The molecule has 5 nitrogen and oxygen atoms in total. The first-order valence-electron chi connectivity index (χ1n) is 11.7. The van der Waals surface area contributed by atoms with E-state index < -0.39 is 11.2 Å². The van der Waals surface area contributed by atoms with Crippen molar-refractivity contribution in [1.29, 1.82) is 5.26 Å². The molecule has 2 amide bonds. The molecule has 1 aliphatic rings. The summed E-state index contributed by atoms with van der Waals surface area (Å²) < 4.78 is 0. The van der Waals surface area contributed by atoms with Crippen molar-refractivity contribution in [2.75, 3.05) is 10.2 Å². The van der Waals surface area contributed by atoms with Gasteiger partial charge in [-0.2, -0.15) is 5.26 Å². The second kappa shape index (κ2) is 10.5. The highest BCUT2D eigenvalue weighted by Crippen LogP contribution is 2.42. The number of rotatable bonds is 5. The fourth-order valence-corrected chi connectivity index (χ4v) is 5.81. The van der Waals surface area contributed by atoms with Crippen LogP contribution in [0.3, 0.4) is 0 Å². The van der Waals surface area contributed by atoms with Gasteiger partial charge in [-0.3, -0.25) is 14.5 Å². The lowest BCUT2D eigenvalue weighted by Gasteiger charge is -2.18. The Labute approximate surface area is 224 Å². The molecule has 0 aliphatic carbocycles. The van der Waals surface area contributed by atoms with Gasteiger partial charge in [-0.25, -0.2) is 0 Å². The van der Waals surface area contributed by atoms with Crippen molar-refractivity contribution in [1.82, 2.24) is 0 Å². The van der Waals surface area contributed by atoms with Crippen LogP contribution in [0.1, 0.15) is 11.1 Å². The highest BCUT2D eigenvalue weighted by atomic mass is 35.5. The fourth-order valence-electron chi connectivity index (χ4n) is 4.30. The van der Waals surface area contributed by atoms with Crippen LogP contribution in [-0.2, 0) is 16.0 Å². The molecule has 0 bridgehead atoms. The zero-order valence-corrected chi connectivity index (χ0v) is 21.5. The van der Waals surface area contributed by atoms with Crippen molar-refractivity contribution in [3.05, 3.63) is 118 Å². The zero-order chi connectivity index (χ0) is 25.9. The van der Waals surface area contributed by atoms with Crippen molar-refractivity contribution < 1.29 is 9.59 Å². The maximum Gasteiger partial charge on any atom is 0.269 e. The van der Waals surface area contributed by atoms with E-state index in [4.69, 9.17) is 11.6 Å². The van der Waals surface area contributed by atoms with E-state index in [-0.39, 0.29) is 11.5 Å². The molecule has 0 radical (unpaired) electrons. The number of benzene rings is 4. The molecule has 4 aromatic carbocycles. The molecule has 182 valence electrons. The maximum atomic E-state index is 13.6. The number of nitriles is 1. The number of para-hydroxylation sites is 1. The van der Waals surface area contributed by atoms with Gasteiger partial charge < -0.3 is 5.32 Å². The van der Waals surface area contributed by atoms with Gasteiger partial charge in [-0.1, -0.05) is 90.1 Å². The number of aryl methyl sites for hydroxylation is 1. The molecule has 0 saturated carbocycles. The molecule has 0 aromatic heterocycles. The lowest BCUT2D eigenvalue weighted by molar-refractivity contribution is -0.117. The second-order valence-electron chi connectivity index (χ2n) is 8.68. The number of halogens is 1. The summed E-state index contributed by atoms with van der Waals surface area (Å²) in [7, 11) is 0. The van der Waals surface area contributed by atoms with E-state index in [1.807, 2.05) is 79.7 Å². The van der Waals surface area contributed by atoms with E-state index in [0.717, 1.165) is 21.9 Å². The van der Waals surface area contributed by atoms with Crippen molar-refractivity contribution in [3.8, 4) is 6.07 Å². The smallest absolute Gasteiger partial charge is 0.269 e. The molecule has 1 fully saturated rings. The van der Waals surface area contributed by atoms with Crippen LogP contribution in [0, 0.1) is 18.3 Å². The highest BCUT2D eigenvalue weighted by molar-refractivity contribution is 8.05. The van der Waals surface area contributed by atoms with Crippen molar-refractivity contribution in [3.63, 3.8) is 0 Å². The minimum atomic E-state index is -0.561. The van der Waals surface area contributed by atoms with E-state index in [2.05, 4.69) is 11.4 Å². The predicted octanol–water partition coefficient (Wildman–Crippen LogP) is 6.87. The van der Waals surface area contributed by atoms with Crippen LogP contribution in [0.2, 0.25) is 5.02 Å². The minimum absolute atomic E-state index is 0.112. The summed E-state index contributed by atoms with van der Waals surface area (Å²) in [6, 6.07) is 30.2. The van der Waals surface area contributed by atoms with Gasteiger partial charge in [-0.15, -0.1) is 0 Å². The number of nitrogens with zero attached hydrogens (tertiary/aromatic N) is 2. The minimum Gasteiger partial charge on any atom is -0.321 e. The first kappa shape index (κ1) is 24.6. The van der Waals surface area contributed by atoms with Crippen LogP contribution in [-0.4, -0.2) is 17.1 Å². The molecule has 1 aliphatic heterocycles. The Bertz CT molecular complexity index is 1590. The lowest BCUT2D eigenvalue weighted by atomic mass is 10.1. The van der Waals surface area contributed by atoms with Crippen LogP contribution < -0.4 is 10.2 Å². The van der Waals surface area contributed by atoms with Gasteiger partial charge in [0.1, 0.15) is 16.7 Å². The normalized spacial score (nSPS) is 16.5. The summed E-state index contributed by atoms with van der Waals surface area (Å²) >= 11 is 7.55. The van der Waals surface area contributed by atoms with E-state index in [1.165, 1.54) is 16.7 Å². The Morgan fingerprint density at radius 3 is 2.51 bits per heavy atom. The van der Waals surface area contributed by atoms with E-state index in [1.54, 1.807) is 18.2 Å². The average Bonchev–Trinajstić information content (AvgIpc) is 3.22. The maximum absolute atomic E-state index is 13.6. The number of thioether (sulfide) groups is 1. The summed E-state index contributed by atoms with van der Waals surface area (Å²) in [5.41, 5.74) is 2.96. The van der Waals surface area contributed by atoms with E-state index >= 15 is 0 Å². The quantitative estimate of drug-likeness (QED) is 0.229. The molecule has 7 heteroatoms. The molecule has 4 aromatic rings. The summed E-state index contributed by atoms with van der Waals surface area (Å²) in [6.07, 6.45) is 0.417. The van der Waals surface area contributed by atoms with Gasteiger partial charge >= 0.3 is 0 Å². The van der Waals surface area contributed by atoms with E-state index in [0.29, 0.717) is 27.8 Å². The van der Waals surface area contributed by atoms with Gasteiger partial charge in [0.05, 0.1) is 5.25 Å². The van der Waals surface area contributed by atoms with Crippen molar-refractivity contribution >= 4 is 57.3 Å². The molecule has 37 heavy (non-hydrogen) atoms. The van der Waals surface area contributed by atoms with E-state index in [9.17, 15) is 14.9 Å². The molecular weight excluding hydrogens is 502 g/mol. The molecular formula is C30H22ClN3O2S. The largest absolute Gasteiger partial charge is 0.321 e. The van der Waals surface area contributed by atoms with Crippen LogP contribution in [0.5, 0.6) is 0 Å². The molecule has 1 unspecified atom stereocenters. The number of carbonyl (C=O) groups is 2. The first-order chi connectivity index (χ1) is 18.0. The SMILES string of the molecule is Cc1ccc(CC2SC(=C(C#N)C(=O)Nc3cccc4ccccc34)N(c3ccccc3)C2=O)cc1Cl. The summed E-state index contributed by atoms with van der Waals surface area (Å²) in [6.45, 7) is 1.92. The predicted molar refractivity (Wildman–Crippen MR) is 150 cm³/mol. The zero-order valence-electron chi connectivity index (χ0n) is 19.9. The van der Waals surface area contributed by atoms with Gasteiger partial charge in [0, 0.05) is 21.8 Å². The Morgan fingerprint density at radius 2 is 1.76 bits per heavy atom. The van der Waals surface area contributed by atoms with Gasteiger partial charge in [0.2, 0.25) is 5.91 Å². The van der Waals surface area contributed by atoms with Crippen LogP contribution in [0.25, 0.3) is 10.8 Å². The van der Waals surface area contributed by atoms with Gasteiger partial charge in [0.25, 0.3) is 5.91 Å². The Hall–Kier alpha value is -4.05. The van der Waals surface area contributed by atoms with Crippen molar-refractivity contribution in [2.24, 2.45) is 0 Å². The Kier molecular flexibility index (Phi) is 7.00. The van der Waals surface area contributed by atoms with Crippen LogP contribution >= 0.6 is 23.4 Å². The highest BCUT2D eigenvalue weighted by Gasteiger charge is 2.40. The third-order valence-corrected chi connectivity index (χ3v) is 7.89. The molecule has 1 heterocycles. The number of hydrogen-bond donors (Lipinski definition) is 1. The number of fused-ring (bicyclic) bond motifs is 1. The monoisotopic (exact) mass is 523 g/mol. The molecule has 5 rings (SSSR count). The number of carbonyl (C=O) groups excluding carboxylic acids is 2. The Balaban J connectivity index is 1.53. The fraction of sp³-hybridized carbons (Fsp3) is 0.100. The second-order valence-corrected chi connectivity index (χ2v) is 10.3. The summed E-state index contributed by atoms with van der Waals surface area (Å²) in [5.74, 6) is -0.747. The third-order valence-electron chi connectivity index (χ3n) is 6.22. The Morgan fingerprint density at radius 1 is 1.03 bits per heavy atom. The van der Waals surface area contributed by atoms with Gasteiger partial charge in [0.15, 0.2) is 0 Å². The number of anilines is 2. The topological polar surface area (TPSA) is 73.2 Å². The standard InChI is InChI=1S/C30H22ClN3O2S/c1-19-14-15-20(16-25(19)31)17-27-29(36)34(22-10-3-2-4-11-22)30(37-27)24(18-32)28(35)33-26-13-7-9-21-8-5-6-12-23(21)26/h2-16,27H,17H2,1H3,(H,33,35). The van der Waals surface area contributed by atoms with Gasteiger partial charge in [-0.05, 0) is 54.1 Å².